The third kappa shape index (κ3) is 2.72. The lowest BCUT2D eigenvalue weighted by Gasteiger charge is -2.35. The van der Waals surface area contributed by atoms with Gasteiger partial charge in [0.25, 0.3) is 5.91 Å². The van der Waals surface area contributed by atoms with Crippen LogP contribution in [-0.2, 0) is 4.74 Å². The summed E-state index contributed by atoms with van der Waals surface area (Å²) in [4.78, 5) is 24.5. The van der Waals surface area contributed by atoms with Gasteiger partial charge in [0.2, 0.25) is 0 Å². The third-order valence-corrected chi connectivity index (χ3v) is 3.19. The Labute approximate surface area is 116 Å². The molecule has 0 aromatic heterocycles. The first-order valence-corrected chi connectivity index (χ1v) is 6.37. The van der Waals surface area contributed by atoms with Crippen LogP contribution >= 0.6 is 0 Å². The zero-order valence-corrected chi connectivity index (χ0v) is 11.4. The van der Waals surface area contributed by atoms with Gasteiger partial charge in [-0.05, 0) is 26.0 Å². The standard InChI is InChI=1S/C13H17N3O4/c1-8-6-15(7-9(2)20-8)13(17)10-4-3-5-11(14)12(10)16(18)19/h3-5,8-9H,6-7,14H2,1-2H3. The molecule has 2 rings (SSSR count). The summed E-state index contributed by atoms with van der Waals surface area (Å²) in [6, 6.07) is 4.39. The molecular formula is C13H17N3O4. The molecule has 2 atom stereocenters. The summed E-state index contributed by atoms with van der Waals surface area (Å²) >= 11 is 0. The Hall–Kier alpha value is -2.15. The fraction of sp³-hybridized carbons (Fsp3) is 0.462. The molecule has 1 aromatic rings. The van der Waals surface area contributed by atoms with Crippen molar-refractivity contribution in [3.05, 3.63) is 33.9 Å². The number of morpholine rings is 1. The second-order valence-electron chi connectivity index (χ2n) is 4.97. The van der Waals surface area contributed by atoms with Gasteiger partial charge in [0.05, 0.1) is 17.1 Å². The smallest absolute Gasteiger partial charge is 0.304 e. The van der Waals surface area contributed by atoms with E-state index in [9.17, 15) is 14.9 Å². The number of hydrogen-bond acceptors (Lipinski definition) is 5. The maximum absolute atomic E-state index is 12.5. The van der Waals surface area contributed by atoms with Crippen molar-refractivity contribution < 1.29 is 14.5 Å². The lowest BCUT2D eigenvalue weighted by atomic mass is 10.1. The van der Waals surface area contributed by atoms with Gasteiger partial charge in [0.1, 0.15) is 11.3 Å². The molecule has 0 bridgehead atoms. The molecule has 1 aliphatic rings. The largest absolute Gasteiger partial charge is 0.393 e. The van der Waals surface area contributed by atoms with Crippen LogP contribution in [0.2, 0.25) is 0 Å². The summed E-state index contributed by atoms with van der Waals surface area (Å²) in [7, 11) is 0. The van der Waals surface area contributed by atoms with E-state index < -0.39 is 4.92 Å². The van der Waals surface area contributed by atoms with E-state index in [-0.39, 0.29) is 35.1 Å². The lowest BCUT2D eigenvalue weighted by Crippen LogP contribution is -2.48. The van der Waals surface area contributed by atoms with Crippen LogP contribution in [0.15, 0.2) is 18.2 Å². The summed E-state index contributed by atoms with van der Waals surface area (Å²) in [6.45, 7) is 4.55. The van der Waals surface area contributed by atoms with Gasteiger partial charge in [-0.3, -0.25) is 14.9 Å². The first kappa shape index (κ1) is 14.3. The van der Waals surface area contributed by atoms with E-state index in [4.69, 9.17) is 10.5 Å². The highest BCUT2D eigenvalue weighted by Gasteiger charge is 2.31. The highest BCUT2D eigenvalue weighted by atomic mass is 16.6. The molecule has 0 spiro atoms. The molecule has 1 amide bonds. The number of nitro groups is 1. The summed E-state index contributed by atoms with van der Waals surface area (Å²) in [5.41, 5.74) is 5.30. The van der Waals surface area contributed by atoms with Crippen molar-refractivity contribution in [3.8, 4) is 0 Å². The first-order chi connectivity index (χ1) is 9.40. The van der Waals surface area contributed by atoms with E-state index in [0.29, 0.717) is 13.1 Å². The quantitative estimate of drug-likeness (QED) is 0.501. The molecule has 2 unspecified atom stereocenters. The maximum Gasteiger partial charge on any atom is 0.304 e. The van der Waals surface area contributed by atoms with Crippen LogP contribution in [-0.4, -0.2) is 41.0 Å². The molecule has 1 saturated heterocycles. The predicted octanol–water partition coefficient (Wildman–Crippen LogP) is 1.43. The number of hydrogen-bond donors (Lipinski definition) is 1. The number of nitrogens with zero attached hydrogens (tertiary/aromatic N) is 2. The Morgan fingerprint density at radius 3 is 2.55 bits per heavy atom. The monoisotopic (exact) mass is 279 g/mol. The van der Waals surface area contributed by atoms with Gasteiger partial charge >= 0.3 is 5.69 Å². The van der Waals surface area contributed by atoms with Gasteiger partial charge in [-0.1, -0.05) is 6.07 Å². The van der Waals surface area contributed by atoms with Crippen molar-refractivity contribution >= 4 is 17.3 Å². The van der Waals surface area contributed by atoms with Crippen molar-refractivity contribution in [2.75, 3.05) is 18.8 Å². The molecule has 20 heavy (non-hydrogen) atoms. The molecule has 0 aliphatic carbocycles. The Bertz CT molecular complexity index is 536. The molecule has 1 aromatic carbocycles. The highest BCUT2D eigenvalue weighted by Crippen LogP contribution is 2.27. The molecule has 7 nitrogen and oxygen atoms in total. The number of rotatable bonds is 2. The number of carbonyl (C=O) groups is 1. The zero-order valence-electron chi connectivity index (χ0n) is 11.4. The number of para-hydroxylation sites is 1. The number of anilines is 1. The second kappa shape index (κ2) is 5.46. The average Bonchev–Trinajstić information content (AvgIpc) is 2.35. The van der Waals surface area contributed by atoms with E-state index in [0.717, 1.165) is 0 Å². The minimum atomic E-state index is -0.615. The van der Waals surface area contributed by atoms with Gasteiger partial charge in [0.15, 0.2) is 0 Å². The van der Waals surface area contributed by atoms with Crippen LogP contribution in [0.25, 0.3) is 0 Å². The molecule has 2 N–H and O–H groups in total. The van der Waals surface area contributed by atoms with Crippen LogP contribution < -0.4 is 5.73 Å². The Balaban J connectivity index is 2.34. The van der Waals surface area contributed by atoms with E-state index >= 15 is 0 Å². The minimum absolute atomic E-state index is 0.00444. The van der Waals surface area contributed by atoms with E-state index in [1.165, 1.54) is 12.1 Å². The Kier molecular flexibility index (Phi) is 3.89. The van der Waals surface area contributed by atoms with Crippen LogP contribution in [0.3, 0.4) is 0 Å². The number of ether oxygens (including phenoxy) is 1. The normalized spacial score (nSPS) is 22.6. The fourth-order valence-corrected chi connectivity index (χ4v) is 2.45. The van der Waals surface area contributed by atoms with Crippen LogP contribution in [0, 0.1) is 10.1 Å². The Morgan fingerprint density at radius 2 is 2.00 bits per heavy atom. The van der Waals surface area contributed by atoms with Crippen LogP contribution in [0.1, 0.15) is 24.2 Å². The van der Waals surface area contributed by atoms with Gasteiger partial charge < -0.3 is 15.4 Å². The molecule has 0 saturated carbocycles. The van der Waals surface area contributed by atoms with E-state index in [2.05, 4.69) is 0 Å². The molecule has 1 aliphatic heterocycles. The van der Waals surface area contributed by atoms with Gasteiger partial charge in [-0.15, -0.1) is 0 Å². The summed E-state index contributed by atoms with van der Waals surface area (Å²) in [5, 5.41) is 11.1. The third-order valence-electron chi connectivity index (χ3n) is 3.19. The van der Waals surface area contributed by atoms with Gasteiger partial charge in [-0.25, -0.2) is 0 Å². The summed E-state index contributed by atoms with van der Waals surface area (Å²) < 4.78 is 5.55. The summed E-state index contributed by atoms with van der Waals surface area (Å²) in [6.07, 6.45) is -0.189. The number of carbonyl (C=O) groups excluding carboxylic acids is 1. The molecule has 1 fully saturated rings. The number of amides is 1. The number of benzene rings is 1. The van der Waals surface area contributed by atoms with Crippen molar-refractivity contribution in [2.45, 2.75) is 26.1 Å². The molecule has 7 heteroatoms. The number of nitro benzene ring substituents is 1. The average molecular weight is 279 g/mol. The molecule has 108 valence electrons. The maximum atomic E-state index is 12.5. The van der Waals surface area contributed by atoms with E-state index in [1.54, 1.807) is 11.0 Å². The Morgan fingerprint density at radius 1 is 1.40 bits per heavy atom. The molecular weight excluding hydrogens is 262 g/mol. The predicted molar refractivity (Wildman–Crippen MR) is 73.4 cm³/mol. The first-order valence-electron chi connectivity index (χ1n) is 6.37. The molecule has 0 radical (unpaired) electrons. The molecule has 1 heterocycles. The zero-order chi connectivity index (χ0) is 14.9. The fourth-order valence-electron chi connectivity index (χ4n) is 2.45. The number of nitrogen functional groups attached to an aromatic ring is 1. The van der Waals surface area contributed by atoms with Gasteiger partial charge in [0, 0.05) is 13.1 Å². The van der Waals surface area contributed by atoms with Crippen molar-refractivity contribution in [1.29, 1.82) is 0 Å². The van der Waals surface area contributed by atoms with Crippen molar-refractivity contribution in [2.24, 2.45) is 0 Å². The SMILES string of the molecule is CC1CN(C(=O)c2cccc(N)c2[N+](=O)[O-])CC(C)O1. The van der Waals surface area contributed by atoms with Crippen LogP contribution in [0.4, 0.5) is 11.4 Å². The lowest BCUT2D eigenvalue weighted by molar-refractivity contribution is -0.384. The second-order valence-corrected chi connectivity index (χ2v) is 4.97. The van der Waals surface area contributed by atoms with Crippen LogP contribution in [0.5, 0.6) is 0 Å². The summed E-state index contributed by atoms with van der Waals surface area (Å²) in [5.74, 6) is -0.383. The minimum Gasteiger partial charge on any atom is -0.393 e. The topological polar surface area (TPSA) is 98.7 Å². The van der Waals surface area contributed by atoms with E-state index in [1.807, 2.05) is 13.8 Å². The van der Waals surface area contributed by atoms with Crippen molar-refractivity contribution in [3.63, 3.8) is 0 Å². The van der Waals surface area contributed by atoms with Crippen molar-refractivity contribution in [1.82, 2.24) is 4.90 Å². The highest BCUT2D eigenvalue weighted by molar-refractivity contribution is 6.00. The number of nitrogens with two attached hydrogens (primary N) is 1. The van der Waals surface area contributed by atoms with Gasteiger partial charge in [-0.2, -0.15) is 0 Å².